The number of carbonyl (C=O) groups excluding carboxylic acids is 3. The van der Waals surface area contributed by atoms with Crippen molar-refractivity contribution in [2.75, 3.05) is 0 Å². The lowest BCUT2D eigenvalue weighted by Gasteiger charge is -2.45. The largest absolute Gasteiger partial charge is 0.462 e. The maximum absolute atomic E-state index is 12.7. The number of β-lactam (4-membered cyclic amide) rings is 1. The number of carbonyl (C=O) groups is 3. The second-order valence-corrected chi connectivity index (χ2v) is 8.96. The van der Waals surface area contributed by atoms with Crippen molar-refractivity contribution < 1.29 is 23.9 Å². The maximum Gasteiger partial charge on any atom is 0.330 e. The summed E-state index contributed by atoms with van der Waals surface area (Å²) in [4.78, 5) is 38.1. The highest BCUT2D eigenvalue weighted by Crippen LogP contribution is 2.54. The highest BCUT2D eigenvalue weighted by atomic mass is 32.2. The Bertz CT molecular complexity index is 720. The van der Waals surface area contributed by atoms with Gasteiger partial charge in [0.1, 0.15) is 24.7 Å². The minimum atomic E-state index is -0.644. The third-order valence-corrected chi connectivity index (χ3v) is 6.38. The van der Waals surface area contributed by atoms with Crippen LogP contribution in [-0.4, -0.2) is 45.0 Å². The molecule has 0 saturated carbocycles. The third kappa shape index (κ3) is 3.32. The zero-order valence-electron chi connectivity index (χ0n) is 15.3. The fraction of sp³-hybridized carbons (Fsp3) is 0.526. The monoisotopic (exact) mass is 377 g/mol. The second kappa shape index (κ2) is 6.95. The van der Waals surface area contributed by atoms with Gasteiger partial charge in [-0.15, -0.1) is 11.8 Å². The molecule has 2 fully saturated rings. The van der Waals surface area contributed by atoms with E-state index in [2.05, 4.69) is 0 Å². The van der Waals surface area contributed by atoms with E-state index in [4.69, 9.17) is 9.47 Å². The Morgan fingerprint density at radius 2 is 1.92 bits per heavy atom. The number of nitrogens with zero attached hydrogens (tertiary/aromatic N) is 1. The number of rotatable bonds is 5. The normalized spacial score (nSPS) is 27.3. The molecule has 2 aliphatic heterocycles. The van der Waals surface area contributed by atoms with Crippen LogP contribution in [0.4, 0.5) is 0 Å². The molecule has 1 aromatic rings. The van der Waals surface area contributed by atoms with E-state index >= 15 is 0 Å². The van der Waals surface area contributed by atoms with E-state index in [0.29, 0.717) is 0 Å². The second-order valence-electron chi connectivity index (χ2n) is 7.19. The van der Waals surface area contributed by atoms with Crippen LogP contribution < -0.4 is 0 Å². The van der Waals surface area contributed by atoms with E-state index in [1.807, 2.05) is 44.2 Å². The van der Waals surface area contributed by atoms with Crippen LogP contribution in [0.3, 0.4) is 0 Å². The van der Waals surface area contributed by atoms with Gasteiger partial charge in [-0.3, -0.25) is 9.59 Å². The van der Waals surface area contributed by atoms with E-state index < -0.39 is 34.7 Å². The summed E-state index contributed by atoms with van der Waals surface area (Å²) in [7, 11) is 0. The topological polar surface area (TPSA) is 72.9 Å². The van der Waals surface area contributed by atoms with Crippen LogP contribution in [0.25, 0.3) is 0 Å². The summed E-state index contributed by atoms with van der Waals surface area (Å²) in [5.74, 6) is -1.40. The molecular formula is C19H23NO5S. The summed E-state index contributed by atoms with van der Waals surface area (Å²) < 4.78 is 10.2. The number of hydrogen-bond donors (Lipinski definition) is 0. The summed E-state index contributed by atoms with van der Waals surface area (Å²) in [6, 6.07) is 8.79. The summed E-state index contributed by atoms with van der Waals surface area (Å²) in [5.41, 5.74) is 0.900. The Balaban J connectivity index is 1.69. The smallest absolute Gasteiger partial charge is 0.330 e. The fourth-order valence-corrected chi connectivity index (χ4v) is 5.38. The molecule has 2 aliphatic rings. The lowest BCUT2D eigenvalue weighted by Crippen LogP contribution is -2.65. The van der Waals surface area contributed by atoms with Crippen molar-refractivity contribution in [3.8, 4) is 0 Å². The van der Waals surface area contributed by atoms with Crippen molar-refractivity contribution in [1.82, 2.24) is 4.90 Å². The summed E-state index contributed by atoms with van der Waals surface area (Å²) >= 11 is 1.56. The fourth-order valence-electron chi connectivity index (χ4n) is 3.60. The first kappa shape index (κ1) is 18.8. The minimum absolute atomic E-state index is 0.163. The van der Waals surface area contributed by atoms with Crippen molar-refractivity contribution in [3.05, 3.63) is 35.9 Å². The number of amides is 1. The highest BCUT2D eigenvalue weighted by Gasteiger charge is 2.65. The molecule has 1 unspecified atom stereocenters. The number of ether oxygens (including phenoxy) is 2. The SMILES string of the molecule is CC(=O)OC(C)[C@H]1C(=O)N2[C@@H]1SC(C)(C)[C@@H]2C(=O)OCc1ccccc1. The summed E-state index contributed by atoms with van der Waals surface area (Å²) in [6.45, 7) is 7.09. The first-order chi connectivity index (χ1) is 12.2. The number of hydrogen-bond acceptors (Lipinski definition) is 6. The first-order valence-electron chi connectivity index (χ1n) is 8.60. The zero-order chi connectivity index (χ0) is 19.1. The van der Waals surface area contributed by atoms with Crippen LogP contribution >= 0.6 is 11.8 Å². The van der Waals surface area contributed by atoms with Gasteiger partial charge in [0, 0.05) is 11.7 Å². The Hall–Kier alpha value is -2.02. The van der Waals surface area contributed by atoms with Gasteiger partial charge in [-0.2, -0.15) is 0 Å². The summed E-state index contributed by atoms with van der Waals surface area (Å²) in [5, 5.41) is -0.180. The molecule has 3 rings (SSSR count). The number of fused-ring (bicyclic) bond motifs is 1. The molecule has 0 radical (unpaired) electrons. The average molecular weight is 377 g/mol. The Morgan fingerprint density at radius 3 is 2.54 bits per heavy atom. The lowest BCUT2D eigenvalue weighted by molar-refractivity contribution is -0.176. The molecule has 0 aromatic heterocycles. The molecule has 0 N–H and O–H groups in total. The van der Waals surface area contributed by atoms with Crippen LogP contribution in [0, 0.1) is 5.92 Å². The van der Waals surface area contributed by atoms with Gasteiger partial charge in [0.25, 0.3) is 0 Å². The predicted octanol–water partition coefficient (Wildman–Crippen LogP) is 2.36. The van der Waals surface area contributed by atoms with Gasteiger partial charge < -0.3 is 14.4 Å². The molecule has 2 saturated heterocycles. The zero-order valence-corrected chi connectivity index (χ0v) is 16.1. The van der Waals surface area contributed by atoms with E-state index in [1.54, 1.807) is 23.6 Å². The molecule has 26 heavy (non-hydrogen) atoms. The van der Waals surface area contributed by atoms with E-state index in [-0.39, 0.29) is 17.9 Å². The van der Waals surface area contributed by atoms with E-state index in [1.165, 1.54) is 6.92 Å². The van der Waals surface area contributed by atoms with Gasteiger partial charge in [-0.05, 0) is 26.3 Å². The number of benzene rings is 1. The maximum atomic E-state index is 12.7. The van der Waals surface area contributed by atoms with Crippen LogP contribution in [-0.2, 0) is 30.5 Å². The van der Waals surface area contributed by atoms with Crippen LogP contribution in [0.1, 0.15) is 33.3 Å². The van der Waals surface area contributed by atoms with Gasteiger partial charge >= 0.3 is 11.9 Å². The third-order valence-electron chi connectivity index (χ3n) is 4.79. The molecular weight excluding hydrogens is 354 g/mol. The van der Waals surface area contributed by atoms with Crippen molar-refractivity contribution >= 4 is 29.6 Å². The van der Waals surface area contributed by atoms with E-state index in [9.17, 15) is 14.4 Å². The minimum Gasteiger partial charge on any atom is -0.462 e. The van der Waals surface area contributed by atoms with Crippen molar-refractivity contribution in [2.45, 2.75) is 56.6 Å². The molecule has 6 nitrogen and oxygen atoms in total. The van der Waals surface area contributed by atoms with Gasteiger partial charge in [-0.1, -0.05) is 30.3 Å². The van der Waals surface area contributed by atoms with Crippen LogP contribution in [0.2, 0.25) is 0 Å². The summed E-state index contributed by atoms with van der Waals surface area (Å²) in [6.07, 6.45) is -0.511. The Labute approximate surface area is 157 Å². The molecule has 0 spiro atoms. The van der Waals surface area contributed by atoms with Crippen molar-refractivity contribution in [2.24, 2.45) is 5.92 Å². The number of esters is 2. The Morgan fingerprint density at radius 1 is 1.27 bits per heavy atom. The van der Waals surface area contributed by atoms with Gasteiger partial charge in [0.15, 0.2) is 0 Å². The molecule has 140 valence electrons. The quantitative estimate of drug-likeness (QED) is 0.579. The van der Waals surface area contributed by atoms with Gasteiger partial charge in [0.2, 0.25) is 5.91 Å². The van der Waals surface area contributed by atoms with Gasteiger partial charge in [-0.25, -0.2) is 4.79 Å². The average Bonchev–Trinajstić information content (AvgIpc) is 2.80. The Kier molecular flexibility index (Phi) is 5.01. The lowest BCUT2D eigenvalue weighted by atomic mass is 9.88. The molecule has 1 aromatic carbocycles. The molecule has 1 amide bonds. The first-order valence-corrected chi connectivity index (χ1v) is 9.48. The van der Waals surface area contributed by atoms with Crippen LogP contribution in [0.5, 0.6) is 0 Å². The highest BCUT2D eigenvalue weighted by molar-refractivity contribution is 8.01. The number of thioether (sulfide) groups is 1. The molecule has 2 heterocycles. The van der Waals surface area contributed by atoms with Crippen molar-refractivity contribution in [1.29, 1.82) is 0 Å². The molecule has 4 atom stereocenters. The molecule has 0 bridgehead atoms. The molecule has 0 aliphatic carbocycles. The van der Waals surface area contributed by atoms with Crippen molar-refractivity contribution in [3.63, 3.8) is 0 Å². The van der Waals surface area contributed by atoms with Gasteiger partial charge in [0.05, 0.1) is 5.37 Å². The van der Waals surface area contributed by atoms with E-state index in [0.717, 1.165) is 5.56 Å². The standard InChI is InChI=1S/C19H23NO5S/c1-11(25-12(2)21)14-16(22)20-15(19(3,4)26-17(14)20)18(23)24-10-13-8-6-5-7-9-13/h5-9,11,14-15,17H,10H2,1-4H3/t11?,14-,15-,17+/m0/s1. The predicted molar refractivity (Wildman–Crippen MR) is 97.0 cm³/mol. The van der Waals surface area contributed by atoms with Crippen LogP contribution in [0.15, 0.2) is 30.3 Å². The molecule has 7 heteroatoms.